The van der Waals surface area contributed by atoms with Gasteiger partial charge in [-0.3, -0.25) is 4.72 Å². The van der Waals surface area contributed by atoms with Crippen molar-refractivity contribution in [3.8, 4) is 5.75 Å². The number of aryl methyl sites for hydroxylation is 1. The van der Waals surface area contributed by atoms with Gasteiger partial charge in [0, 0.05) is 18.8 Å². The number of methoxy groups -OCH3 is 2. The standard InChI is InChI=1S/C20H24N2O5S/c1-4-14-5-8-18(26-2)19(11-14)28(24,25)21-17-7-6-15-9-10-22(20(23)27-3)13-16(15)12-17/h5-8,11-12,21H,4,9-10,13H2,1-3H3. The smallest absolute Gasteiger partial charge is 0.409 e. The SMILES string of the molecule is CCc1ccc(OC)c(S(=O)(=O)Nc2ccc3c(c2)CN(C(=O)OC)CC3)c1. The number of carbonyl (C=O) groups excluding carboxylic acids is 1. The molecule has 0 saturated carbocycles. The molecule has 1 aliphatic heterocycles. The highest BCUT2D eigenvalue weighted by Crippen LogP contribution is 2.29. The summed E-state index contributed by atoms with van der Waals surface area (Å²) < 4.78 is 38.6. The van der Waals surface area contributed by atoms with Crippen molar-refractivity contribution >= 4 is 21.8 Å². The zero-order valence-electron chi connectivity index (χ0n) is 16.2. The van der Waals surface area contributed by atoms with Crippen LogP contribution in [0.15, 0.2) is 41.3 Å². The number of ether oxygens (including phenoxy) is 2. The van der Waals surface area contributed by atoms with Gasteiger partial charge >= 0.3 is 6.09 Å². The molecule has 2 aromatic carbocycles. The molecule has 0 radical (unpaired) electrons. The van der Waals surface area contributed by atoms with Gasteiger partial charge in [0.05, 0.1) is 14.2 Å². The van der Waals surface area contributed by atoms with Crippen LogP contribution in [0, 0.1) is 0 Å². The van der Waals surface area contributed by atoms with Crippen LogP contribution in [0.5, 0.6) is 5.75 Å². The first-order valence-corrected chi connectivity index (χ1v) is 10.5. The highest BCUT2D eigenvalue weighted by molar-refractivity contribution is 7.92. The lowest BCUT2D eigenvalue weighted by molar-refractivity contribution is 0.118. The quantitative estimate of drug-likeness (QED) is 0.827. The Bertz CT molecular complexity index is 988. The topological polar surface area (TPSA) is 84.9 Å². The van der Waals surface area contributed by atoms with E-state index in [0.717, 1.165) is 16.7 Å². The van der Waals surface area contributed by atoms with E-state index >= 15 is 0 Å². The van der Waals surface area contributed by atoms with Gasteiger partial charge < -0.3 is 14.4 Å². The lowest BCUT2D eigenvalue weighted by atomic mass is 9.99. The van der Waals surface area contributed by atoms with Crippen molar-refractivity contribution in [3.05, 3.63) is 53.1 Å². The molecule has 3 rings (SSSR count). The molecule has 0 bridgehead atoms. The summed E-state index contributed by atoms with van der Waals surface area (Å²) in [4.78, 5) is 13.5. The van der Waals surface area contributed by atoms with Crippen molar-refractivity contribution in [1.82, 2.24) is 4.90 Å². The Kier molecular flexibility index (Phi) is 5.79. The average Bonchev–Trinajstić information content (AvgIpc) is 2.71. The average molecular weight is 404 g/mol. The highest BCUT2D eigenvalue weighted by Gasteiger charge is 2.23. The molecule has 0 fully saturated rings. The monoisotopic (exact) mass is 404 g/mol. The third-order valence-corrected chi connectivity index (χ3v) is 6.23. The maximum atomic E-state index is 13.0. The van der Waals surface area contributed by atoms with E-state index in [0.29, 0.717) is 37.4 Å². The van der Waals surface area contributed by atoms with Crippen LogP contribution < -0.4 is 9.46 Å². The van der Waals surface area contributed by atoms with Crippen LogP contribution in [-0.2, 0) is 34.1 Å². The Morgan fingerprint density at radius 3 is 2.61 bits per heavy atom. The number of carbonyl (C=O) groups is 1. The maximum Gasteiger partial charge on any atom is 0.409 e. The molecule has 1 N–H and O–H groups in total. The number of hydrogen-bond acceptors (Lipinski definition) is 5. The van der Waals surface area contributed by atoms with Crippen LogP contribution in [0.2, 0.25) is 0 Å². The highest BCUT2D eigenvalue weighted by atomic mass is 32.2. The molecule has 0 aromatic heterocycles. The fraction of sp³-hybridized carbons (Fsp3) is 0.350. The van der Waals surface area contributed by atoms with Gasteiger partial charge in [0.25, 0.3) is 10.0 Å². The van der Waals surface area contributed by atoms with Crippen molar-refractivity contribution in [1.29, 1.82) is 0 Å². The Morgan fingerprint density at radius 2 is 1.93 bits per heavy atom. The lowest BCUT2D eigenvalue weighted by Crippen LogP contribution is -2.35. The number of sulfonamides is 1. The lowest BCUT2D eigenvalue weighted by Gasteiger charge is -2.28. The Labute approximate surface area is 165 Å². The third-order valence-electron chi connectivity index (χ3n) is 4.83. The van der Waals surface area contributed by atoms with Gasteiger partial charge in [-0.2, -0.15) is 0 Å². The van der Waals surface area contributed by atoms with Gasteiger partial charge in [-0.25, -0.2) is 13.2 Å². The van der Waals surface area contributed by atoms with Crippen molar-refractivity contribution in [3.63, 3.8) is 0 Å². The second-order valence-electron chi connectivity index (χ2n) is 6.57. The van der Waals surface area contributed by atoms with Gasteiger partial charge in [-0.1, -0.05) is 19.1 Å². The summed E-state index contributed by atoms with van der Waals surface area (Å²) in [5.41, 5.74) is 3.33. The van der Waals surface area contributed by atoms with Gasteiger partial charge in [-0.15, -0.1) is 0 Å². The van der Waals surface area contributed by atoms with E-state index in [1.165, 1.54) is 14.2 Å². The number of rotatable bonds is 5. The summed E-state index contributed by atoms with van der Waals surface area (Å²) in [6.07, 6.45) is 1.02. The maximum absolute atomic E-state index is 13.0. The minimum absolute atomic E-state index is 0.100. The van der Waals surface area contributed by atoms with Crippen molar-refractivity contribution < 1.29 is 22.7 Å². The third kappa shape index (κ3) is 4.06. The molecule has 28 heavy (non-hydrogen) atoms. The Balaban J connectivity index is 1.89. The first-order chi connectivity index (χ1) is 13.4. The molecule has 0 spiro atoms. The largest absolute Gasteiger partial charge is 0.495 e. The second-order valence-corrected chi connectivity index (χ2v) is 8.22. The molecule has 0 atom stereocenters. The number of amides is 1. The summed E-state index contributed by atoms with van der Waals surface area (Å²) >= 11 is 0. The minimum Gasteiger partial charge on any atom is -0.495 e. The van der Waals surface area contributed by atoms with Crippen LogP contribution in [0.4, 0.5) is 10.5 Å². The fourth-order valence-corrected chi connectivity index (χ4v) is 4.54. The van der Waals surface area contributed by atoms with Gasteiger partial charge in [0.15, 0.2) is 0 Å². The van der Waals surface area contributed by atoms with E-state index in [1.54, 1.807) is 29.2 Å². The predicted octanol–water partition coefficient (Wildman–Crippen LogP) is 3.18. The van der Waals surface area contributed by atoms with E-state index in [2.05, 4.69) is 4.72 Å². The zero-order valence-corrected chi connectivity index (χ0v) is 17.0. The molecule has 8 heteroatoms. The van der Waals surface area contributed by atoms with Crippen molar-refractivity contribution in [2.75, 3.05) is 25.5 Å². The first kappa shape index (κ1) is 20.0. The van der Waals surface area contributed by atoms with Crippen molar-refractivity contribution in [2.45, 2.75) is 31.2 Å². The van der Waals surface area contributed by atoms with Crippen LogP contribution >= 0.6 is 0 Å². The second kappa shape index (κ2) is 8.10. The number of nitrogens with zero attached hydrogens (tertiary/aromatic N) is 1. The molecule has 1 heterocycles. The number of benzene rings is 2. The summed E-state index contributed by atoms with van der Waals surface area (Å²) in [5.74, 6) is 0.291. The zero-order chi connectivity index (χ0) is 20.3. The molecular formula is C20H24N2O5S. The molecule has 0 unspecified atom stereocenters. The van der Waals surface area contributed by atoms with Crippen LogP contribution in [-0.4, -0.2) is 40.2 Å². The van der Waals surface area contributed by atoms with Crippen molar-refractivity contribution in [2.24, 2.45) is 0 Å². The summed E-state index contributed by atoms with van der Waals surface area (Å²) in [6, 6.07) is 10.5. The Morgan fingerprint density at radius 1 is 1.14 bits per heavy atom. The van der Waals surface area contributed by atoms with E-state index in [4.69, 9.17) is 9.47 Å². The molecule has 7 nitrogen and oxygen atoms in total. The Hall–Kier alpha value is -2.74. The van der Waals surface area contributed by atoms with Crippen LogP contribution in [0.3, 0.4) is 0 Å². The van der Waals surface area contributed by atoms with Gasteiger partial charge in [0.1, 0.15) is 10.6 Å². The molecular weight excluding hydrogens is 380 g/mol. The number of anilines is 1. The number of nitrogens with one attached hydrogen (secondary N) is 1. The molecule has 0 aliphatic carbocycles. The first-order valence-electron chi connectivity index (χ1n) is 9.02. The van der Waals surface area contributed by atoms with E-state index in [1.807, 2.05) is 19.1 Å². The van der Waals surface area contributed by atoms with Gasteiger partial charge in [-0.05, 0) is 53.8 Å². The molecule has 150 valence electrons. The van der Waals surface area contributed by atoms with E-state index in [9.17, 15) is 13.2 Å². The summed E-state index contributed by atoms with van der Waals surface area (Å²) in [5, 5.41) is 0. The van der Waals surface area contributed by atoms with E-state index in [-0.39, 0.29) is 4.90 Å². The van der Waals surface area contributed by atoms with E-state index < -0.39 is 16.1 Å². The molecule has 1 amide bonds. The predicted molar refractivity (Wildman–Crippen MR) is 106 cm³/mol. The molecule has 1 aliphatic rings. The fourth-order valence-electron chi connectivity index (χ4n) is 3.27. The number of hydrogen-bond donors (Lipinski definition) is 1. The van der Waals surface area contributed by atoms with Crippen LogP contribution in [0.1, 0.15) is 23.6 Å². The molecule has 0 saturated heterocycles. The normalized spacial score (nSPS) is 13.6. The molecule has 2 aromatic rings. The number of fused-ring (bicyclic) bond motifs is 1. The summed E-state index contributed by atoms with van der Waals surface area (Å²) in [6.45, 7) is 2.92. The van der Waals surface area contributed by atoms with Gasteiger partial charge in [0.2, 0.25) is 0 Å². The minimum atomic E-state index is -3.83. The summed E-state index contributed by atoms with van der Waals surface area (Å²) in [7, 11) is -1.04. The van der Waals surface area contributed by atoms with Crippen LogP contribution in [0.25, 0.3) is 0 Å².